The highest BCUT2D eigenvalue weighted by molar-refractivity contribution is 5.91. The second kappa shape index (κ2) is 11.5. The molecule has 1 fully saturated rings. The molecule has 3 aromatic rings. The molecule has 0 saturated carbocycles. The number of oxazole rings is 1. The van der Waals surface area contributed by atoms with Crippen LogP contribution in [-0.4, -0.2) is 63.0 Å². The zero-order valence-electron chi connectivity index (χ0n) is 20.7. The Morgan fingerprint density at radius 2 is 1.62 bits per heavy atom. The molecule has 0 spiro atoms. The van der Waals surface area contributed by atoms with Crippen LogP contribution in [0.4, 0.5) is 0 Å². The maximum absolute atomic E-state index is 12.8. The molecule has 0 aliphatic carbocycles. The number of aliphatic hydroxyl groups excluding tert-OH is 2. The molecule has 9 nitrogen and oxygen atoms in total. The number of nitrogens with zero attached hydrogens (tertiary/aromatic N) is 2. The van der Waals surface area contributed by atoms with Gasteiger partial charge in [0.2, 0.25) is 5.89 Å². The van der Waals surface area contributed by atoms with Crippen molar-refractivity contribution in [2.45, 2.75) is 50.4 Å². The maximum Gasteiger partial charge on any atom is 0.254 e. The number of rotatable bonds is 9. The Hall–Kier alpha value is -3.82. The van der Waals surface area contributed by atoms with Crippen LogP contribution in [0.1, 0.15) is 42.5 Å². The van der Waals surface area contributed by atoms with Crippen molar-refractivity contribution in [2.75, 3.05) is 13.1 Å². The van der Waals surface area contributed by atoms with Crippen LogP contribution in [0, 0.1) is 0 Å². The van der Waals surface area contributed by atoms with E-state index in [0.29, 0.717) is 25.0 Å². The van der Waals surface area contributed by atoms with E-state index in [9.17, 15) is 24.6 Å². The fraction of sp³-hybridized carbons (Fsp3) is 0.357. The van der Waals surface area contributed by atoms with Crippen molar-refractivity contribution in [1.82, 2.24) is 15.2 Å². The van der Waals surface area contributed by atoms with E-state index in [1.54, 1.807) is 6.92 Å². The first-order valence-electron chi connectivity index (χ1n) is 12.3. The quantitative estimate of drug-likeness (QED) is 0.404. The number of Topliss-reactive ketones (excluding diaryl/α,β-unsaturated/α-hetero) is 1. The number of benzene rings is 2. The number of carbonyl (C=O) groups excluding carboxylic acids is 3. The van der Waals surface area contributed by atoms with Gasteiger partial charge in [0, 0.05) is 19.5 Å². The molecule has 2 amide bonds. The summed E-state index contributed by atoms with van der Waals surface area (Å²) in [4.78, 5) is 43.5. The van der Waals surface area contributed by atoms with E-state index in [1.165, 1.54) is 11.2 Å². The lowest BCUT2D eigenvalue weighted by atomic mass is 9.70. The van der Waals surface area contributed by atoms with Crippen molar-refractivity contribution >= 4 is 17.6 Å². The van der Waals surface area contributed by atoms with Crippen LogP contribution in [0.5, 0.6) is 0 Å². The molecule has 1 aliphatic heterocycles. The van der Waals surface area contributed by atoms with Crippen molar-refractivity contribution in [3.63, 3.8) is 0 Å². The summed E-state index contributed by atoms with van der Waals surface area (Å²) in [6, 6.07) is 19.1. The van der Waals surface area contributed by atoms with Gasteiger partial charge in [0.05, 0.1) is 17.7 Å². The van der Waals surface area contributed by atoms with Crippen LogP contribution in [0.15, 0.2) is 71.3 Å². The number of likely N-dealkylation sites (tertiary alicyclic amines) is 1. The molecule has 0 radical (unpaired) electrons. The van der Waals surface area contributed by atoms with Gasteiger partial charge in [-0.2, -0.15) is 0 Å². The Kier molecular flexibility index (Phi) is 8.15. The summed E-state index contributed by atoms with van der Waals surface area (Å²) >= 11 is 0. The van der Waals surface area contributed by atoms with Crippen molar-refractivity contribution in [3.05, 3.63) is 89.6 Å². The lowest BCUT2D eigenvalue weighted by Gasteiger charge is -2.41. The number of amides is 2. The fourth-order valence-corrected chi connectivity index (χ4v) is 4.76. The van der Waals surface area contributed by atoms with Gasteiger partial charge in [-0.3, -0.25) is 14.4 Å². The summed E-state index contributed by atoms with van der Waals surface area (Å²) in [6.07, 6.45) is -1.04. The number of nitrogens with one attached hydrogen (secondary N) is 1. The van der Waals surface area contributed by atoms with Crippen LogP contribution in [0.3, 0.4) is 0 Å². The molecule has 1 aliphatic rings. The van der Waals surface area contributed by atoms with E-state index in [-0.39, 0.29) is 31.3 Å². The maximum atomic E-state index is 12.8. The normalized spacial score (nSPS) is 16.6. The van der Waals surface area contributed by atoms with E-state index in [2.05, 4.69) is 10.3 Å². The lowest BCUT2D eigenvalue weighted by molar-refractivity contribution is -0.154. The Morgan fingerprint density at radius 3 is 2.24 bits per heavy atom. The second-order valence-corrected chi connectivity index (χ2v) is 9.33. The second-order valence-electron chi connectivity index (χ2n) is 9.33. The molecule has 0 bridgehead atoms. The molecule has 4 rings (SSSR count). The summed E-state index contributed by atoms with van der Waals surface area (Å²) in [5, 5.41) is 23.2. The Labute approximate surface area is 215 Å². The summed E-state index contributed by atoms with van der Waals surface area (Å²) < 4.78 is 5.37. The van der Waals surface area contributed by atoms with Gasteiger partial charge in [-0.15, -0.1) is 0 Å². The third-order valence-electron chi connectivity index (χ3n) is 6.99. The van der Waals surface area contributed by atoms with Crippen LogP contribution < -0.4 is 5.32 Å². The summed E-state index contributed by atoms with van der Waals surface area (Å²) in [7, 11) is 0. The van der Waals surface area contributed by atoms with Gasteiger partial charge in [0.15, 0.2) is 12.2 Å². The van der Waals surface area contributed by atoms with Crippen molar-refractivity contribution < 1.29 is 29.0 Å². The smallest absolute Gasteiger partial charge is 0.254 e. The van der Waals surface area contributed by atoms with E-state index in [0.717, 1.165) is 11.1 Å². The molecule has 1 saturated heterocycles. The standard InChI is InChI=1S/C28H31N3O6/c1-19(32)28(21-10-6-3-7-11-21)12-14-31(15-13-28)27(36)25(34)24(33)26(35)29-17-23-30-22(18-37-23)16-20-8-4-2-5-9-20/h2-11,18,24-25,33-34H,12-17H2,1H3,(H,29,35)/t24-,25-/m1/s1. The molecule has 2 heterocycles. The Morgan fingerprint density at radius 1 is 1.00 bits per heavy atom. The molecule has 9 heteroatoms. The van der Waals surface area contributed by atoms with Gasteiger partial charge in [-0.05, 0) is 30.9 Å². The number of carbonyl (C=O) groups is 3. The van der Waals surface area contributed by atoms with Gasteiger partial charge in [0.1, 0.15) is 12.0 Å². The van der Waals surface area contributed by atoms with Crippen LogP contribution in [0.25, 0.3) is 0 Å². The van der Waals surface area contributed by atoms with Crippen molar-refractivity contribution in [1.29, 1.82) is 0 Å². The summed E-state index contributed by atoms with van der Waals surface area (Å²) in [5.74, 6) is -1.41. The predicted octanol–water partition coefficient (Wildman–Crippen LogP) is 1.75. The largest absolute Gasteiger partial charge is 0.447 e. The Bertz CT molecular complexity index is 1220. The van der Waals surface area contributed by atoms with Crippen molar-refractivity contribution in [2.24, 2.45) is 0 Å². The number of aliphatic hydroxyl groups is 2. The molecule has 194 valence electrons. The number of ketones is 1. The van der Waals surface area contributed by atoms with Gasteiger partial charge in [-0.25, -0.2) is 4.98 Å². The van der Waals surface area contributed by atoms with Crippen molar-refractivity contribution in [3.8, 4) is 0 Å². The third kappa shape index (κ3) is 5.95. The highest BCUT2D eigenvalue weighted by Crippen LogP contribution is 2.36. The van der Waals surface area contributed by atoms with E-state index < -0.39 is 29.4 Å². The topological polar surface area (TPSA) is 133 Å². The lowest BCUT2D eigenvalue weighted by Crippen LogP contribution is -2.54. The molecule has 2 atom stereocenters. The van der Waals surface area contributed by atoms with Crippen LogP contribution in [-0.2, 0) is 32.8 Å². The molecule has 0 unspecified atom stereocenters. The molecule has 3 N–H and O–H groups in total. The number of piperidine rings is 1. The van der Waals surface area contributed by atoms with E-state index in [1.807, 2.05) is 60.7 Å². The van der Waals surface area contributed by atoms with Crippen LogP contribution in [0.2, 0.25) is 0 Å². The van der Waals surface area contributed by atoms with Gasteiger partial charge >= 0.3 is 0 Å². The predicted molar refractivity (Wildman–Crippen MR) is 134 cm³/mol. The molecule has 1 aromatic heterocycles. The average Bonchev–Trinajstić information content (AvgIpc) is 3.38. The SMILES string of the molecule is CC(=O)C1(c2ccccc2)CCN(C(=O)[C@H](O)[C@@H](O)C(=O)NCc2nc(Cc3ccccc3)co2)CC1. The van der Waals surface area contributed by atoms with Gasteiger partial charge in [0.25, 0.3) is 11.8 Å². The average molecular weight is 506 g/mol. The number of hydrogen-bond donors (Lipinski definition) is 3. The monoisotopic (exact) mass is 505 g/mol. The van der Waals surface area contributed by atoms with E-state index in [4.69, 9.17) is 4.42 Å². The first kappa shape index (κ1) is 26.2. The summed E-state index contributed by atoms with van der Waals surface area (Å²) in [6.45, 7) is 1.89. The minimum Gasteiger partial charge on any atom is -0.447 e. The first-order valence-corrected chi connectivity index (χ1v) is 12.3. The van der Waals surface area contributed by atoms with Crippen LogP contribution >= 0.6 is 0 Å². The van der Waals surface area contributed by atoms with E-state index >= 15 is 0 Å². The van der Waals surface area contributed by atoms with Gasteiger partial charge in [-0.1, -0.05) is 60.7 Å². The van der Waals surface area contributed by atoms with Gasteiger partial charge < -0.3 is 24.8 Å². The first-order chi connectivity index (χ1) is 17.8. The Balaban J connectivity index is 1.29. The molecular weight excluding hydrogens is 474 g/mol. The molecule has 37 heavy (non-hydrogen) atoms. The zero-order chi connectivity index (χ0) is 26.4. The number of hydrogen-bond acceptors (Lipinski definition) is 7. The highest BCUT2D eigenvalue weighted by Gasteiger charge is 2.43. The highest BCUT2D eigenvalue weighted by atomic mass is 16.4. The minimum absolute atomic E-state index is 0.0178. The molecule has 2 aromatic carbocycles. The molecular formula is C28H31N3O6. The number of aromatic nitrogens is 1. The fourth-order valence-electron chi connectivity index (χ4n) is 4.76. The zero-order valence-corrected chi connectivity index (χ0v) is 20.7. The summed E-state index contributed by atoms with van der Waals surface area (Å²) in [5.41, 5.74) is 1.95. The third-order valence-corrected chi connectivity index (χ3v) is 6.99. The minimum atomic E-state index is -1.96.